The molecule has 3 N–H and O–H groups in total. The van der Waals surface area contributed by atoms with E-state index >= 15 is 0 Å². The summed E-state index contributed by atoms with van der Waals surface area (Å²) >= 11 is 1.35. The molecule has 0 saturated carbocycles. The molecule has 1 aromatic rings. The van der Waals surface area contributed by atoms with Crippen LogP contribution in [0.3, 0.4) is 0 Å². The fourth-order valence-corrected chi connectivity index (χ4v) is 1.89. The van der Waals surface area contributed by atoms with Gasteiger partial charge in [0.2, 0.25) is 0 Å². The molecule has 1 aromatic heterocycles. The molecule has 0 amide bonds. The van der Waals surface area contributed by atoms with Crippen molar-refractivity contribution in [1.29, 1.82) is 0 Å². The van der Waals surface area contributed by atoms with Crippen molar-refractivity contribution >= 4 is 22.4 Å². The van der Waals surface area contributed by atoms with Gasteiger partial charge in [-0.1, -0.05) is 19.8 Å². The summed E-state index contributed by atoms with van der Waals surface area (Å²) < 4.78 is 9.15. The maximum absolute atomic E-state index is 5.62. The summed E-state index contributed by atoms with van der Waals surface area (Å²) in [5.41, 5.74) is 5.62. The molecule has 14 heavy (non-hydrogen) atoms. The third kappa shape index (κ3) is 2.77. The van der Waals surface area contributed by atoms with Gasteiger partial charge in [-0.2, -0.15) is 4.37 Å². The number of anilines is 2. The zero-order valence-corrected chi connectivity index (χ0v) is 9.49. The molecule has 0 spiro atoms. The molecule has 1 rings (SSSR count). The first-order chi connectivity index (χ1) is 6.79. The number of ether oxygens (including phenoxy) is 1. The number of hydrogen-bond donors (Lipinski definition) is 2. The number of nitrogens with zero attached hydrogens (tertiary/aromatic N) is 1. The van der Waals surface area contributed by atoms with Gasteiger partial charge in [-0.3, -0.25) is 0 Å². The maximum Gasteiger partial charge on any atom is 0.197 e. The van der Waals surface area contributed by atoms with E-state index < -0.39 is 0 Å². The van der Waals surface area contributed by atoms with Gasteiger partial charge in [0, 0.05) is 6.54 Å². The smallest absolute Gasteiger partial charge is 0.197 e. The van der Waals surface area contributed by atoms with E-state index in [4.69, 9.17) is 10.5 Å². The third-order valence-corrected chi connectivity index (χ3v) is 2.74. The lowest BCUT2D eigenvalue weighted by Gasteiger charge is -2.04. The molecule has 1 heterocycles. The zero-order valence-electron chi connectivity index (χ0n) is 8.67. The van der Waals surface area contributed by atoms with Gasteiger partial charge in [0.1, 0.15) is 0 Å². The topological polar surface area (TPSA) is 60.2 Å². The van der Waals surface area contributed by atoms with Gasteiger partial charge in [-0.05, 0) is 18.0 Å². The van der Waals surface area contributed by atoms with Crippen LogP contribution in [0.1, 0.15) is 26.2 Å². The van der Waals surface area contributed by atoms with Crippen LogP contribution in [0.25, 0.3) is 0 Å². The average Bonchev–Trinajstić information content (AvgIpc) is 2.54. The van der Waals surface area contributed by atoms with Gasteiger partial charge in [-0.15, -0.1) is 0 Å². The fraction of sp³-hybridized carbons (Fsp3) is 0.667. The van der Waals surface area contributed by atoms with Crippen LogP contribution in [0.5, 0.6) is 5.75 Å². The summed E-state index contributed by atoms with van der Waals surface area (Å²) in [5.74, 6) is 1.14. The molecule has 0 atom stereocenters. The van der Waals surface area contributed by atoms with E-state index in [1.807, 2.05) is 0 Å². The van der Waals surface area contributed by atoms with Crippen LogP contribution < -0.4 is 15.8 Å². The van der Waals surface area contributed by atoms with Gasteiger partial charge in [-0.25, -0.2) is 0 Å². The molecular weight excluding hydrogens is 198 g/mol. The Bertz CT molecular complexity index is 275. The van der Waals surface area contributed by atoms with Crippen LogP contribution in [0.4, 0.5) is 10.8 Å². The minimum atomic E-state index is 0.468. The van der Waals surface area contributed by atoms with E-state index in [0.29, 0.717) is 11.6 Å². The standard InChI is InChI=1S/C9H17N3OS/c1-3-4-5-6-11-9-7(13-2)8(10)12-14-9/h11H,3-6H2,1-2H3,(H2,10,12). The second kappa shape index (κ2) is 5.70. The molecule has 80 valence electrons. The molecule has 0 bridgehead atoms. The van der Waals surface area contributed by atoms with Gasteiger partial charge in [0.25, 0.3) is 0 Å². The lowest BCUT2D eigenvalue weighted by Crippen LogP contribution is -2.01. The van der Waals surface area contributed by atoms with Crippen LogP contribution >= 0.6 is 11.5 Å². The van der Waals surface area contributed by atoms with Gasteiger partial charge >= 0.3 is 0 Å². The highest BCUT2D eigenvalue weighted by Crippen LogP contribution is 2.34. The molecule has 0 aliphatic carbocycles. The van der Waals surface area contributed by atoms with Crippen molar-refractivity contribution < 1.29 is 4.74 Å². The first kappa shape index (κ1) is 11.1. The molecule has 0 fully saturated rings. The Kier molecular flexibility index (Phi) is 4.52. The summed E-state index contributed by atoms with van der Waals surface area (Å²) in [6, 6.07) is 0. The number of methoxy groups -OCH3 is 1. The molecule has 4 nitrogen and oxygen atoms in total. The summed E-state index contributed by atoms with van der Waals surface area (Å²) in [6.45, 7) is 3.14. The van der Waals surface area contributed by atoms with Crippen LogP contribution in [-0.4, -0.2) is 18.0 Å². The maximum atomic E-state index is 5.62. The van der Waals surface area contributed by atoms with Crippen LogP contribution in [0, 0.1) is 0 Å². The predicted octanol–water partition coefficient (Wildman–Crippen LogP) is 2.34. The molecule has 5 heteroatoms. The highest BCUT2D eigenvalue weighted by molar-refractivity contribution is 7.11. The van der Waals surface area contributed by atoms with Crippen molar-refractivity contribution in [2.24, 2.45) is 0 Å². The van der Waals surface area contributed by atoms with E-state index in [-0.39, 0.29) is 0 Å². The highest BCUT2D eigenvalue weighted by atomic mass is 32.1. The molecule has 0 unspecified atom stereocenters. The Balaban J connectivity index is 2.42. The number of hydrogen-bond acceptors (Lipinski definition) is 5. The number of nitrogen functional groups attached to an aromatic ring is 1. The van der Waals surface area contributed by atoms with Crippen molar-refractivity contribution in [2.75, 3.05) is 24.7 Å². The molecule has 0 aliphatic rings. The summed E-state index contributed by atoms with van der Waals surface area (Å²) in [4.78, 5) is 0. The molecule has 0 radical (unpaired) electrons. The quantitative estimate of drug-likeness (QED) is 0.715. The summed E-state index contributed by atoms with van der Waals surface area (Å²) in [7, 11) is 1.61. The van der Waals surface area contributed by atoms with E-state index in [9.17, 15) is 0 Å². The third-order valence-electron chi connectivity index (χ3n) is 1.94. The van der Waals surface area contributed by atoms with Gasteiger partial charge in [0.15, 0.2) is 16.6 Å². The second-order valence-electron chi connectivity index (χ2n) is 3.06. The van der Waals surface area contributed by atoms with Gasteiger partial charge < -0.3 is 15.8 Å². The molecular formula is C9H17N3OS. The fourth-order valence-electron chi connectivity index (χ4n) is 1.18. The van der Waals surface area contributed by atoms with Gasteiger partial charge in [0.05, 0.1) is 7.11 Å². The highest BCUT2D eigenvalue weighted by Gasteiger charge is 2.10. The molecule has 0 saturated heterocycles. The van der Waals surface area contributed by atoms with Crippen LogP contribution in [0.2, 0.25) is 0 Å². The minimum absolute atomic E-state index is 0.468. The second-order valence-corrected chi connectivity index (χ2v) is 3.84. The van der Waals surface area contributed by atoms with Crippen LogP contribution in [0.15, 0.2) is 0 Å². The minimum Gasteiger partial charge on any atom is -0.490 e. The zero-order chi connectivity index (χ0) is 10.4. The van der Waals surface area contributed by atoms with E-state index in [0.717, 1.165) is 18.0 Å². The molecule has 0 aliphatic heterocycles. The monoisotopic (exact) mass is 215 g/mol. The number of unbranched alkanes of at least 4 members (excludes halogenated alkanes) is 2. The Morgan fingerprint density at radius 3 is 2.93 bits per heavy atom. The number of nitrogens with two attached hydrogens (primary N) is 1. The van der Waals surface area contributed by atoms with Crippen molar-refractivity contribution in [3.63, 3.8) is 0 Å². The SMILES string of the molecule is CCCCCNc1snc(N)c1OC. The Morgan fingerprint density at radius 1 is 1.50 bits per heavy atom. The summed E-state index contributed by atoms with van der Waals surface area (Å²) in [5, 5.41) is 4.20. The van der Waals surface area contributed by atoms with E-state index in [1.165, 1.54) is 24.4 Å². The van der Waals surface area contributed by atoms with E-state index in [2.05, 4.69) is 16.6 Å². The van der Waals surface area contributed by atoms with Crippen LogP contribution in [-0.2, 0) is 0 Å². The lowest BCUT2D eigenvalue weighted by molar-refractivity contribution is 0.419. The number of nitrogens with one attached hydrogen (secondary N) is 1. The normalized spacial score (nSPS) is 10.1. The first-order valence-electron chi connectivity index (χ1n) is 4.82. The van der Waals surface area contributed by atoms with Crippen molar-refractivity contribution in [2.45, 2.75) is 26.2 Å². The van der Waals surface area contributed by atoms with Crippen molar-refractivity contribution in [3.05, 3.63) is 0 Å². The Morgan fingerprint density at radius 2 is 2.29 bits per heavy atom. The first-order valence-corrected chi connectivity index (χ1v) is 5.60. The van der Waals surface area contributed by atoms with E-state index in [1.54, 1.807) is 7.11 Å². The van der Waals surface area contributed by atoms with Crippen molar-refractivity contribution in [1.82, 2.24) is 4.37 Å². The molecule has 0 aromatic carbocycles. The summed E-state index contributed by atoms with van der Waals surface area (Å²) in [6.07, 6.45) is 3.63. The number of aromatic nitrogens is 1. The Hall–Kier alpha value is -0.970. The average molecular weight is 215 g/mol. The predicted molar refractivity (Wildman–Crippen MR) is 61.1 cm³/mol. The Labute approximate surface area is 88.6 Å². The van der Waals surface area contributed by atoms with Crippen molar-refractivity contribution in [3.8, 4) is 5.75 Å². The lowest BCUT2D eigenvalue weighted by atomic mass is 10.2. The largest absolute Gasteiger partial charge is 0.490 e. The number of rotatable bonds is 6.